The SMILES string of the molecule is C=CCc1cc(/C=C/C(=O)O)cc(OCC)c1OCc1ccc(Br)cc1. The molecular formula is C21H21BrO4. The lowest BCUT2D eigenvalue weighted by atomic mass is 10.0. The first-order chi connectivity index (χ1) is 12.5. The Bertz CT molecular complexity index is 794. The van der Waals surface area contributed by atoms with Gasteiger partial charge in [0, 0.05) is 16.1 Å². The molecule has 0 radical (unpaired) electrons. The fourth-order valence-corrected chi connectivity index (χ4v) is 2.68. The normalized spacial score (nSPS) is 10.7. The molecule has 0 aromatic heterocycles. The minimum Gasteiger partial charge on any atom is -0.490 e. The molecule has 2 aromatic carbocycles. The van der Waals surface area contributed by atoms with Gasteiger partial charge in [-0.1, -0.05) is 34.1 Å². The van der Waals surface area contributed by atoms with Gasteiger partial charge in [0.05, 0.1) is 6.61 Å². The predicted molar refractivity (Wildman–Crippen MR) is 107 cm³/mol. The summed E-state index contributed by atoms with van der Waals surface area (Å²) in [6.45, 7) is 6.57. The highest BCUT2D eigenvalue weighted by Gasteiger charge is 2.13. The van der Waals surface area contributed by atoms with Gasteiger partial charge in [0.1, 0.15) is 6.61 Å². The Morgan fingerprint density at radius 1 is 1.23 bits per heavy atom. The molecular weight excluding hydrogens is 396 g/mol. The summed E-state index contributed by atoms with van der Waals surface area (Å²) in [4.78, 5) is 10.8. The number of hydrogen-bond donors (Lipinski definition) is 1. The summed E-state index contributed by atoms with van der Waals surface area (Å²) in [7, 11) is 0. The summed E-state index contributed by atoms with van der Waals surface area (Å²) in [5.74, 6) is 0.250. The molecule has 2 rings (SSSR count). The van der Waals surface area contributed by atoms with Gasteiger partial charge in [-0.3, -0.25) is 0 Å². The first-order valence-electron chi connectivity index (χ1n) is 8.22. The van der Waals surface area contributed by atoms with Crippen LogP contribution in [0.2, 0.25) is 0 Å². The first-order valence-corrected chi connectivity index (χ1v) is 9.01. The molecule has 1 N–H and O–H groups in total. The van der Waals surface area contributed by atoms with Gasteiger partial charge in [0.2, 0.25) is 0 Å². The maximum atomic E-state index is 10.8. The predicted octanol–water partition coefficient (Wildman–Crippen LogP) is 5.25. The molecule has 0 aliphatic rings. The average molecular weight is 417 g/mol. The second-order valence-electron chi connectivity index (χ2n) is 5.52. The second kappa shape index (κ2) is 9.82. The number of halogens is 1. The van der Waals surface area contributed by atoms with Gasteiger partial charge in [-0.25, -0.2) is 4.79 Å². The summed E-state index contributed by atoms with van der Waals surface area (Å²) < 4.78 is 12.8. The van der Waals surface area contributed by atoms with E-state index in [4.69, 9.17) is 14.6 Å². The van der Waals surface area contributed by atoms with E-state index in [1.165, 1.54) is 6.08 Å². The third-order valence-corrected chi connectivity index (χ3v) is 4.06. The zero-order valence-electron chi connectivity index (χ0n) is 14.6. The summed E-state index contributed by atoms with van der Waals surface area (Å²) >= 11 is 3.42. The van der Waals surface area contributed by atoms with Crippen LogP contribution in [0.25, 0.3) is 6.08 Å². The molecule has 5 heteroatoms. The van der Waals surface area contributed by atoms with E-state index in [1.807, 2.05) is 37.3 Å². The average Bonchev–Trinajstić information content (AvgIpc) is 2.61. The lowest BCUT2D eigenvalue weighted by Gasteiger charge is -2.17. The van der Waals surface area contributed by atoms with Crippen molar-refractivity contribution in [3.8, 4) is 11.5 Å². The van der Waals surface area contributed by atoms with Crippen molar-refractivity contribution in [2.24, 2.45) is 0 Å². The van der Waals surface area contributed by atoms with Gasteiger partial charge in [0.15, 0.2) is 11.5 Å². The standard InChI is InChI=1S/C21H21BrO4/c1-3-5-17-12-16(8-11-20(23)24)13-19(25-4-2)21(17)26-14-15-6-9-18(22)10-7-15/h3,6-13H,1,4-5,14H2,2H3,(H,23,24)/b11-8+. The Balaban J connectivity index is 2.35. The molecule has 2 aromatic rings. The zero-order valence-corrected chi connectivity index (χ0v) is 16.2. The Kier molecular flexibility index (Phi) is 7.48. The molecule has 0 bridgehead atoms. The number of hydrogen-bond acceptors (Lipinski definition) is 3. The van der Waals surface area contributed by atoms with E-state index in [0.29, 0.717) is 31.1 Å². The second-order valence-corrected chi connectivity index (χ2v) is 6.44. The Hall–Kier alpha value is -2.53. The number of carboxylic acids is 1. The van der Waals surface area contributed by atoms with E-state index in [2.05, 4.69) is 22.5 Å². The zero-order chi connectivity index (χ0) is 18.9. The molecule has 0 spiro atoms. The van der Waals surface area contributed by atoms with E-state index < -0.39 is 5.97 Å². The number of carboxylic acid groups (broad SMARTS) is 1. The molecule has 0 amide bonds. The van der Waals surface area contributed by atoms with Crippen LogP contribution in [-0.2, 0) is 17.8 Å². The van der Waals surface area contributed by atoms with Crippen molar-refractivity contribution in [1.29, 1.82) is 0 Å². The van der Waals surface area contributed by atoms with E-state index in [9.17, 15) is 4.79 Å². The lowest BCUT2D eigenvalue weighted by Crippen LogP contribution is -2.03. The topological polar surface area (TPSA) is 55.8 Å². The van der Waals surface area contributed by atoms with E-state index >= 15 is 0 Å². The van der Waals surface area contributed by atoms with Crippen LogP contribution in [-0.4, -0.2) is 17.7 Å². The minimum absolute atomic E-state index is 0.405. The van der Waals surface area contributed by atoms with Crippen LogP contribution in [0.5, 0.6) is 11.5 Å². The number of aliphatic carboxylic acids is 1. The summed E-state index contributed by atoms with van der Waals surface area (Å²) in [5.41, 5.74) is 2.67. The van der Waals surface area contributed by atoms with Crippen molar-refractivity contribution in [2.75, 3.05) is 6.61 Å². The smallest absolute Gasteiger partial charge is 0.328 e. The van der Waals surface area contributed by atoms with Crippen molar-refractivity contribution in [2.45, 2.75) is 20.0 Å². The number of rotatable bonds is 9. The van der Waals surface area contributed by atoms with Crippen LogP contribution >= 0.6 is 15.9 Å². The monoisotopic (exact) mass is 416 g/mol. The van der Waals surface area contributed by atoms with Crippen molar-refractivity contribution in [3.63, 3.8) is 0 Å². The molecule has 0 aliphatic carbocycles. The van der Waals surface area contributed by atoms with Crippen LogP contribution < -0.4 is 9.47 Å². The number of benzene rings is 2. The molecule has 136 valence electrons. The number of carbonyl (C=O) groups is 1. The van der Waals surface area contributed by atoms with Gasteiger partial charge >= 0.3 is 5.97 Å². The van der Waals surface area contributed by atoms with Crippen LogP contribution in [0, 0.1) is 0 Å². The van der Waals surface area contributed by atoms with Gasteiger partial charge < -0.3 is 14.6 Å². The Labute approximate surface area is 161 Å². The van der Waals surface area contributed by atoms with Crippen molar-refractivity contribution in [3.05, 3.63) is 76.3 Å². The van der Waals surface area contributed by atoms with E-state index in [0.717, 1.165) is 27.2 Å². The Morgan fingerprint density at radius 3 is 2.58 bits per heavy atom. The van der Waals surface area contributed by atoms with Crippen LogP contribution in [0.15, 0.2) is 59.6 Å². The first kappa shape index (κ1) is 19.8. The van der Waals surface area contributed by atoms with Gasteiger partial charge in [-0.15, -0.1) is 6.58 Å². The third-order valence-electron chi connectivity index (χ3n) is 3.53. The number of ether oxygens (including phenoxy) is 2. The lowest BCUT2D eigenvalue weighted by molar-refractivity contribution is -0.131. The molecule has 0 fully saturated rings. The minimum atomic E-state index is -0.996. The van der Waals surface area contributed by atoms with Crippen LogP contribution in [0.4, 0.5) is 0 Å². The largest absolute Gasteiger partial charge is 0.490 e. The molecule has 0 unspecified atom stereocenters. The fraction of sp³-hybridized carbons (Fsp3) is 0.190. The van der Waals surface area contributed by atoms with Gasteiger partial charge in [0.25, 0.3) is 0 Å². The third kappa shape index (κ3) is 5.77. The highest BCUT2D eigenvalue weighted by atomic mass is 79.9. The molecule has 0 aliphatic heterocycles. The highest BCUT2D eigenvalue weighted by molar-refractivity contribution is 9.10. The van der Waals surface area contributed by atoms with Crippen molar-refractivity contribution >= 4 is 28.0 Å². The molecule has 0 atom stereocenters. The summed E-state index contributed by atoms with van der Waals surface area (Å²) in [6, 6.07) is 11.6. The molecule has 0 saturated carbocycles. The maximum Gasteiger partial charge on any atom is 0.328 e. The van der Waals surface area contributed by atoms with Crippen LogP contribution in [0.3, 0.4) is 0 Å². The molecule has 0 saturated heterocycles. The van der Waals surface area contributed by atoms with Crippen molar-refractivity contribution < 1.29 is 19.4 Å². The highest BCUT2D eigenvalue weighted by Crippen LogP contribution is 2.35. The fourth-order valence-electron chi connectivity index (χ4n) is 2.42. The molecule has 0 heterocycles. The van der Waals surface area contributed by atoms with E-state index in [-0.39, 0.29) is 0 Å². The molecule has 26 heavy (non-hydrogen) atoms. The molecule has 4 nitrogen and oxygen atoms in total. The Morgan fingerprint density at radius 2 is 1.96 bits per heavy atom. The number of allylic oxidation sites excluding steroid dienone is 1. The quantitative estimate of drug-likeness (QED) is 0.447. The van der Waals surface area contributed by atoms with Gasteiger partial charge in [-0.05, 0) is 54.8 Å². The summed E-state index contributed by atoms with van der Waals surface area (Å²) in [5, 5.41) is 8.84. The van der Waals surface area contributed by atoms with E-state index in [1.54, 1.807) is 12.1 Å². The van der Waals surface area contributed by atoms with Crippen LogP contribution in [0.1, 0.15) is 23.6 Å². The summed E-state index contributed by atoms with van der Waals surface area (Å²) in [6.07, 6.45) is 5.01. The van der Waals surface area contributed by atoms with Gasteiger partial charge in [-0.2, -0.15) is 0 Å². The maximum absolute atomic E-state index is 10.8. The van der Waals surface area contributed by atoms with Crippen molar-refractivity contribution in [1.82, 2.24) is 0 Å².